The van der Waals surface area contributed by atoms with Gasteiger partial charge in [0.05, 0.1) is 5.56 Å². The lowest BCUT2D eigenvalue weighted by molar-refractivity contribution is 0.0693. The highest BCUT2D eigenvalue weighted by Crippen LogP contribution is 2.22. The van der Waals surface area contributed by atoms with E-state index in [4.69, 9.17) is 5.11 Å². The van der Waals surface area contributed by atoms with E-state index >= 15 is 0 Å². The second-order valence-corrected chi connectivity index (χ2v) is 3.83. The Morgan fingerprint density at radius 1 is 1.20 bits per heavy atom. The Morgan fingerprint density at radius 2 is 1.95 bits per heavy atom. The Kier molecular flexibility index (Phi) is 3.60. The van der Waals surface area contributed by atoms with E-state index in [0.29, 0.717) is 0 Å². The number of pyridine rings is 1. The van der Waals surface area contributed by atoms with Gasteiger partial charge in [0, 0.05) is 11.9 Å². The molecule has 0 saturated heterocycles. The summed E-state index contributed by atoms with van der Waals surface area (Å²) < 4.78 is 13.3. The first-order valence-electron chi connectivity index (χ1n) is 5.47. The topological polar surface area (TPSA) is 99.5 Å². The van der Waals surface area contributed by atoms with Crippen molar-refractivity contribution in [3.05, 3.63) is 53.6 Å². The van der Waals surface area contributed by atoms with E-state index < -0.39 is 23.6 Å². The van der Waals surface area contributed by atoms with Crippen molar-refractivity contribution < 1.29 is 24.2 Å². The SMILES string of the molecule is O=C(O)c1cc(NC(=O)c2cccnc2F)ccc1O. The molecule has 1 amide bonds. The normalized spacial score (nSPS) is 10.1. The van der Waals surface area contributed by atoms with Crippen molar-refractivity contribution in [3.8, 4) is 5.75 Å². The van der Waals surface area contributed by atoms with Crippen LogP contribution in [0.15, 0.2) is 36.5 Å². The summed E-state index contributed by atoms with van der Waals surface area (Å²) in [6.07, 6.45) is 1.20. The van der Waals surface area contributed by atoms with Crippen LogP contribution in [0.5, 0.6) is 5.75 Å². The monoisotopic (exact) mass is 276 g/mol. The third-order valence-corrected chi connectivity index (χ3v) is 2.49. The zero-order valence-electron chi connectivity index (χ0n) is 10.0. The number of anilines is 1. The largest absolute Gasteiger partial charge is 0.507 e. The van der Waals surface area contributed by atoms with Crippen molar-refractivity contribution in [2.75, 3.05) is 5.32 Å². The van der Waals surface area contributed by atoms with E-state index in [-0.39, 0.29) is 16.8 Å². The highest BCUT2D eigenvalue weighted by Gasteiger charge is 2.14. The number of carbonyl (C=O) groups is 2. The number of carboxylic acid groups (broad SMARTS) is 1. The van der Waals surface area contributed by atoms with Crippen LogP contribution >= 0.6 is 0 Å². The minimum atomic E-state index is -1.34. The number of nitrogens with one attached hydrogen (secondary N) is 1. The second kappa shape index (κ2) is 5.35. The van der Waals surface area contributed by atoms with E-state index in [0.717, 1.165) is 12.1 Å². The van der Waals surface area contributed by atoms with Crippen LogP contribution in [0.4, 0.5) is 10.1 Å². The fraction of sp³-hybridized carbons (Fsp3) is 0. The van der Waals surface area contributed by atoms with Crippen molar-refractivity contribution in [1.82, 2.24) is 4.98 Å². The number of benzene rings is 1. The lowest BCUT2D eigenvalue weighted by Gasteiger charge is -2.07. The molecule has 3 N–H and O–H groups in total. The van der Waals surface area contributed by atoms with E-state index in [1.807, 2.05) is 0 Å². The first-order chi connectivity index (χ1) is 9.49. The zero-order chi connectivity index (χ0) is 14.7. The lowest BCUT2D eigenvalue weighted by atomic mass is 10.1. The first-order valence-corrected chi connectivity index (χ1v) is 5.47. The summed E-state index contributed by atoms with van der Waals surface area (Å²) in [4.78, 5) is 26.0. The van der Waals surface area contributed by atoms with Crippen LogP contribution in [0.2, 0.25) is 0 Å². The number of halogens is 1. The summed E-state index contributed by atoms with van der Waals surface area (Å²) in [5, 5.41) is 20.5. The molecule has 1 aromatic carbocycles. The molecule has 0 bridgehead atoms. The van der Waals surface area contributed by atoms with Gasteiger partial charge < -0.3 is 15.5 Å². The molecule has 6 nitrogen and oxygen atoms in total. The Labute approximate surface area is 112 Å². The third-order valence-electron chi connectivity index (χ3n) is 2.49. The molecule has 1 aromatic heterocycles. The average Bonchev–Trinajstić information content (AvgIpc) is 2.41. The minimum absolute atomic E-state index is 0.119. The molecule has 0 spiro atoms. The van der Waals surface area contributed by atoms with Crippen LogP contribution in [0.25, 0.3) is 0 Å². The van der Waals surface area contributed by atoms with Crippen LogP contribution < -0.4 is 5.32 Å². The van der Waals surface area contributed by atoms with Gasteiger partial charge in [-0.3, -0.25) is 4.79 Å². The number of aromatic carboxylic acids is 1. The van der Waals surface area contributed by atoms with Gasteiger partial charge in [-0.25, -0.2) is 9.78 Å². The number of carbonyl (C=O) groups excluding carboxylic acids is 1. The predicted molar refractivity (Wildman–Crippen MR) is 67.2 cm³/mol. The van der Waals surface area contributed by atoms with Crippen molar-refractivity contribution in [3.63, 3.8) is 0 Å². The Bertz CT molecular complexity index is 688. The number of phenols is 1. The highest BCUT2D eigenvalue weighted by atomic mass is 19.1. The summed E-state index contributed by atoms with van der Waals surface area (Å²) in [6.45, 7) is 0. The number of amides is 1. The van der Waals surface area contributed by atoms with Crippen LogP contribution in [-0.4, -0.2) is 27.1 Å². The van der Waals surface area contributed by atoms with Crippen molar-refractivity contribution in [2.24, 2.45) is 0 Å². The number of carboxylic acids is 1. The Hall–Kier alpha value is -2.96. The molecule has 0 radical (unpaired) electrons. The molecule has 0 fully saturated rings. The van der Waals surface area contributed by atoms with Gasteiger partial charge in [0.1, 0.15) is 11.3 Å². The number of hydrogen-bond donors (Lipinski definition) is 3. The molecule has 7 heteroatoms. The van der Waals surface area contributed by atoms with E-state index in [1.165, 1.54) is 24.4 Å². The number of aromatic nitrogens is 1. The summed E-state index contributed by atoms with van der Waals surface area (Å²) in [5.74, 6) is -3.46. The Balaban J connectivity index is 2.27. The van der Waals surface area contributed by atoms with Crippen LogP contribution in [-0.2, 0) is 0 Å². The van der Waals surface area contributed by atoms with Crippen molar-refractivity contribution >= 4 is 17.6 Å². The van der Waals surface area contributed by atoms with Crippen molar-refractivity contribution in [1.29, 1.82) is 0 Å². The number of rotatable bonds is 3. The number of aromatic hydroxyl groups is 1. The van der Waals surface area contributed by atoms with E-state index in [2.05, 4.69) is 10.3 Å². The molecule has 0 atom stereocenters. The molecule has 2 rings (SSSR count). The number of hydrogen-bond acceptors (Lipinski definition) is 4. The molecular weight excluding hydrogens is 267 g/mol. The summed E-state index contributed by atoms with van der Waals surface area (Å²) >= 11 is 0. The molecular formula is C13H9FN2O4. The number of nitrogens with zero attached hydrogens (tertiary/aromatic N) is 1. The zero-order valence-corrected chi connectivity index (χ0v) is 10.0. The fourth-order valence-electron chi connectivity index (χ4n) is 1.54. The molecule has 102 valence electrons. The minimum Gasteiger partial charge on any atom is -0.507 e. The van der Waals surface area contributed by atoms with Crippen LogP contribution in [0.3, 0.4) is 0 Å². The van der Waals surface area contributed by atoms with Gasteiger partial charge in [0.15, 0.2) is 0 Å². The van der Waals surface area contributed by atoms with Gasteiger partial charge in [-0.2, -0.15) is 4.39 Å². The Morgan fingerprint density at radius 3 is 2.60 bits per heavy atom. The predicted octanol–water partition coefficient (Wildman–Crippen LogP) is 1.88. The van der Waals surface area contributed by atoms with E-state index in [1.54, 1.807) is 0 Å². The van der Waals surface area contributed by atoms with Crippen molar-refractivity contribution in [2.45, 2.75) is 0 Å². The summed E-state index contributed by atoms with van der Waals surface area (Å²) in [6, 6.07) is 6.14. The third kappa shape index (κ3) is 2.72. The summed E-state index contributed by atoms with van der Waals surface area (Å²) in [7, 11) is 0. The van der Waals surface area contributed by atoms with Gasteiger partial charge in [0.25, 0.3) is 5.91 Å². The fourth-order valence-corrected chi connectivity index (χ4v) is 1.54. The molecule has 2 aromatic rings. The van der Waals surface area contributed by atoms with E-state index in [9.17, 15) is 19.1 Å². The average molecular weight is 276 g/mol. The molecule has 0 unspecified atom stereocenters. The van der Waals surface area contributed by atoms with Gasteiger partial charge in [-0.05, 0) is 30.3 Å². The maximum atomic E-state index is 13.3. The standard InChI is InChI=1S/C13H9FN2O4/c14-11-8(2-1-5-15-11)12(18)16-7-3-4-10(17)9(6-7)13(19)20/h1-6,17H,(H,16,18)(H,19,20). The molecule has 1 heterocycles. The second-order valence-electron chi connectivity index (χ2n) is 3.83. The molecule has 0 aliphatic carbocycles. The summed E-state index contributed by atoms with van der Waals surface area (Å²) in [5.41, 5.74) is -0.514. The lowest BCUT2D eigenvalue weighted by Crippen LogP contribution is -2.14. The quantitative estimate of drug-likeness (QED) is 0.587. The first kappa shape index (κ1) is 13.5. The van der Waals surface area contributed by atoms with Gasteiger partial charge in [0.2, 0.25) is 5.95 Å². The highest BCUT2D eigenvalue weighted by molar-refractivity contribution is 6.05. The van der Waals surface area contributed by atoms with Gasteiger partial charge in [-0.15, -0.1) is 0 Å². The maximum absolute atomic E-state index is 13.3. The smallest absolute Gasteiger partial charge is 0.339 e. The maximum Gasteiger partial charge on any atom is 0.339 e. The van der Waals surface area contributed by atoms with Gasteiger partial charge in [-0.1, -0.05) is 0 Å². The van der Waals surface area contributed by atoms with Crippen LogP contribution in [0.1, 0.15) is 20.7 Å². The molecule has 0 aliphatic heterocycles. The van der Waals surface area contributed by atoms with Crippen LogP contribution in [0, 0.1) is 5.95 Å². The van der Waals surface area contributed by atoms with Gasteiger partial charge >= 0.3 is 5.97 Å². The molecule has 20 heavy (non-hydrogen) atoms. The molecule has 0 aliphatic rings. The molecule has 0 saturated carbocycles.